The summed E-state index contributed by atoms with van der Waals surface area (Å²) in [6, 6.07) is 13.6. The minimum Gasteiger partial charge on any atom is -0.451 e. The van der Waals surface area contributed by atoms with E-state index in [9.17, 15) is 9.59 Å². The Morgan fingerprint density at radius 1 is 0.967 bits per heavy atom. The molecule has 0 atom stereocenters. The van der Waals surface area contributed by atoms with Crippen LogP contribution in [0.25, 0.3) is 11.0 Å². The summed E-state index contributed by atoms with van der Waals surface area (Å²) in [5, 5.41) is 3.98. The summed E-state index contributed by atoms with van der Waals surface area (Å²) in [5.74, 6) is 0.246. The number of rotatable bonds is 4. The van der Waals surface area contributed by atoms with E-state index in [1.807, 2.05) is 38.1 Å². The average molecular weight is 405 g/mol. The van der Waals surface area contributed by atoms with Gasteiger partial charge in [-0.3, -0.25) is 14.5 Å². The molecule has 0 saturated carbocycles. The van der Waals surface area contributed by atoms with Gasteiger partial charge >= 0.3 is 0 Å². The van der Waals surface area contributed by atoms with Crippen LogP contribution in [0.3, 0.4) is 0 Å². The molecule has 0 spiro atoms. The van der Waals surface area contributed by atoms with Gasteiger partial charge in [-0.1, -0.05) is 35.9 Å². The summed E-state index contributed by atoms with van der Waals surface area (Å²) < 4.78 is 5.70. The summed E-state index contributed by atoms with van der Waals surface area (Å²) in [5.41, 5.74) is 4.94. The van der Waals surface area contributed by atoms with Crippen molar-refractivity contribution < 1.29 is 14.0 Å². The van der Waals surface area contributed by atoms with Gasteiger partial charge in [0.15, 0.2) is 5.76 Å². The molecule has 1 N–H and O–H groups in total. The van der Waals surface area contributed by atoms with Gasteiger partial charge in [-0.15, -0.1) is 0 Å². The summed E-state index contributed by atoms with van der Waals surface area (Å²) in [7, 11) is 0. The molecule has 1 aliphatic heterocycles. The van der Waals surface area contributed by atoms with E-state index in [0.717, 1.165) is 27.8 Å². The Hall–Kier alpha value is -3.12. The van der Waals surface area contributed by atoms with Crippen LogP contribution in [0.5, 0.6) is 0 Å². The fraction of sp³-hybridized carbons (Fsp3) is 0.333. The first-order valence-electron chi connectivity index (χ1n) is 10.3. The number of nitrogens with zero attached hydrogens (tertiary/aromatic N) is 2. The fourth-order valence-electron chi connectivity index (χ4n) is 4.11. The van der Waals surface area contributed by atoms with Crippen molar-refractivity contribution in [3.8, 4) is 0 Å². The Balaban J connectivity index is 1.32. The maximum Gasteiger partial charge on any atom is 0.289 e. The van der Waals surface area contributed by atoms with Crippen LogP contribution in [0, 0.1) is 20.8 Å². The molecule has 0 radical (unpaired) electrons. The van der Waals surface area contributed by atoms with Crippen LogP contribution in [-0.4, -0.2) is 54.3 Å². The Kier molecular flexibility index (Phi) is 5.59. The van der Waals surface area contributed by atoms with Gasteiger partial charge in [0, 0.05) is 37.3 Å². The smallest absolute Gasteiger partial charge is 0.289 e. The minimum absolute atomic E-state index is 0.0258. The van der Waals surface area contributed by atoms with Crippen molar-refractivity contribution in [3.05, 3.63) is 64.9 Å². The molecule has 3 aromatic rings. The third-order valence-corrected chi connectivity index (χ3v) is 5.60. The third kappa shape index (κ3) is 4.24. The molecule has 156 valence electrons. The highest BCUT2D eigenvalue weighted by atomic mass is 16.3. The predicted molar refractivity (Wildman–Crippen MR) is 118 cm³/mol. The van der Waals surface area contributed by atoms with Crippen molar-refractivity contribution in [2.45, 2.75) is 20.8 Å². The molecule has 6 nitrogen and oxygen atoms in total. The fourth-order valence-corrected chi connectivity index (χ4v) is 4.11. The Morgan fingerprint density at radius 3 is 2.30 bits per heavy atom. The minimum atomic E-state index is -0.0961. The van der Waals surface area contributed by atoms with Gasteiger partial charge in [0.1, 0.15) is 5.58 Å². The number of carbonyl (C=O) groups excluding carboxylic acids is 2. The van der Waals surface area contributed by atoms with Crippen LogP contribution in [0.1, 0.15) is 27.2 Å². The van der Waals surface area contributed by atoms with Gasteiger partial charge in [-0.2, -0.15) is 0 Å². The quantitative estimate of drug-likeness (QED) is 0.718. The van der Waals surface area contributed by atoms with Crippen molar-refractivity contribution in [1.82, 2.24) is 9.80 Å². The maximum absolute atomic E-state index is 12.8. The molecule has 1 saturated heterocycles. The molecule has 1 fully saturated rings. The number of hydrogen-bond acceptors (Lipinski definition) is 4. The number of furan rings is 1. The second-order valence-corrected chi connectivity index (χ2v) is 8.04. The van der Waals surface area contributed by atoms with Crippen molar-refractivity contribution >= 4 is 28.5 Å². The summed E-state index contributed by atoms with van der Waals surface area (Å²) in [6.07, 6.45) is 0. The number of fused-ring (bicyclic) bond motifs is 1. The van der Waals surface area contributed by atoms with E-state index in [1.165, 1.54) is 5.56 Å². The van der Waals surface area contributed by atoms with Crippen LogP contribution in [-0.2, 0) is 4.79 Å². The monoisotopic (exact) mass is 405 g/mol. The normalized spacial score (nSPS) is 14.8. The summed E-state index contributed by atoms with van der Waals surface area (Å²) >= 11 is 0. The van der Waals surface area contributed by atoms with Gasteiger partial charge in [0.05, 0.1) is 6.54 Å². The van der Waals surface area contributed by atoms with Crippen molar-refractivity contribution in [2.75, 3.05) is 38.0 Å². The first kappa shape index (κ1) is 20.2. The van der Waals surface area contributed by atoms with Crippen LogP contribution in [0.15, 0.2) is 46.9 Å². The van der Waals surface area contributed by atoms with E-state index in [2.05, 4.69) is 29.3 Å². The highest BCUT2D eigenvalue weighted by Gasteiger charge is 2.25. The molecule has 0 bridgehead atoms. The molecular formula is C24H27N3O3. The number of nitrogens with one attached hydrogen (secondary N) is 1. The molecule has 1 aromatic heterocycles. The van der Waals surface area contributed by atoms with Gasteiger partial charge < -0.3 is 14.6 Å². The lowest BCUT2D eigenvalue weighted by Gasteiger charge is -2.33. The van der Waals surface area contributed by atoms with E-state index in [4.69, 9.17) is 4.42 Å². The standard InChI is InChI=1S/C24H27N3O3/c1-16-12-17(2)23(18(3)13-16)25-22(28)15-26-8-10-27(11-9-26)24(29)21-14-19-6-4-5-7-20(19)30-21/h4-7,12-14H,8-11,15H2,1-3H3,(H,25,28). The molecule has 1 aliphatic rings. The molecule has 30 heavy (non-hydrogen) atoms. The van der Waals surface area contributed by atoms with Crippen molar-refractivity contribution in [3.63, 3.8) is 0 Å². The van der Waals surface area contributed by atoms with Crippen molar-refractivity contribution in [1.29, 1.82) is 0 Å². The highest BCUT2D eigenvalue weighted by Crippen LogP contribution is 2.22. The van der Waals surface area contributed by atoms with Crippen LogP contribution < -0.4 is 5.32 Å². The highest BCUT2D eigenvalue weighted by molar-refractivity contribution is 5.96. The Morgan fingerprint density at radius 2 is 1.63 bits per heavy atom. The molecule has 2 aromatic carbocycles. The number of amides is 2. The predicted octanol–water partition coefficient (Wildman–Crippen LogP) is 3.75. The molecule has 2 amide bonds. The zero-order valence-electron chi connectivity index (χ0n) is 17.7. The van der Waals surface area contributed by atoms with E-state index >= 15 is 0 Å². The third-order valence-electron chi connectivity index (χ3n) is 5.60. The number of para-hydroxylation sites is 1. The summed E-state index contributed by atoms with van der Waals surface area (Å²) in [6.45, 7) is 8.86. The number of carbonyl (C=O) groups is 2. The SMILES string of the molecule is Cc1cc(C)c(NC(=O)CN2CCN(C(=O)c3cc4ccccc4o3)CC2)c(C)c1. The number of hydrogen-bond donors (Lipinski definition) is 1. The van der Waals surface area contributed by atoms with Gasteiger partial charge in [-0.25, -0.2) is 0 Å². The van der Waals surface area contributed by atoms with Gasteiger partial charge in [0.2, 0.25) is 5.91 Å². The van der Waals surface area contributed by atoms with Crippen LogP contribution in [0.4, 0.5) is 5.69 Å². The number of benzene rings is 2. The summed E-state index contributed by atoms with van der Waals surface area (Å²) in [4.78, 5) is 29.2. The molecule has 0 unspecified atom stereocenters. The lowest BCUT2D eigenvalue weighted by Crippen LogP contribution is -2.50. The number of aryl methyl sites for hydroxylation is 3. The van der Waals surface area contributed by atoms with E-state index in [1.54, 1.807) is 11.0 Å². The zero-order chi connectivity index (χ0) is 21.3. The van der Waals surface area contributed by atoms with E-state index in [0.29, 0.717) is 38.5 Å². The van der Waals surface area contributed by atoms with Gasteiger partial charge in [-0.05, 0) is 44.0 Å². The number of anilines is 1. The first-order chi connectivity index (χ1) is 14.4. The zero-order valence-corrected chi connectivity index (χ0v) is 17.7. The maximum atomic E-state index is 12.8. The average Bonchev–Trinajstić information content (AvgIpc) is 3.15. The van der Waals surface area contributed by atoms with Crippen LogP contribution >= 0.6 is 0 Å². The lowest BCUT2D eigenvalue weighted by atomic mass is 10.1. The second-order valence-electron chi connectivity index (χ2n) is 8.04. The molecular weight excluding hydrogens is 378 g/mol. The van der Waals surface area contributed by atoms with Crippen LogP contribution in [0.2, 0.25) is 0 Å². The van der Waals surface area contributed by atoms with E-state index < -0.39 is 0 Å². The second kappa shape index (κ2) is 8.32. The van der Waals surface area contributed by atoms with Gasteiger partial charge in [0.25, 0.3) is 5.91 Å². The molecule has 4 rings (SSSR count). The molecule has 0 aliphatic carbocycles. The molecule has 6 heteroatoms. The Labute approximate surface area is 176 Å². The molecule has 2 heterocycles. The Bertz CT molecular complexity index is 1040. The number of piperazine rings is 1. The first-order valence-corrected chi connectivity index (χ1v) is 10.3. The lowest BCUT2D eigenvalue weighted by molar-refractivity contribution is -0.117. The largest absolute Gasteiger partial charge is 0.451 e. The topological polar surface area (TPSA) is 65.8 Å². The van der Waals surface area contributed by atoms with E-state index in [-0.39, 0.29) is 11.8 Å². The van der Waals surface area contributed by atoms with Crippen molar-refractivity contribution in [2.24, 2.45) is 0 Å².